The minimum atomic E-state index is 0.536. The molecule has 1 fully saturated rings. The molecule has 1 aliphatic carbocycles. The van der Waals surface area contributed by atoms with Crippen molar-refractivity contribution < 1.29 is 0 Å². The van der Waals surface area contributed by atoms with Crippen LogP contribution in [0.25, 0.3) is 28.0 Å². The summed E-state index contributed by atoms with van der Waals surface area (Å²) in [6, 6.07) is 32.7. The highest BCUT2D eigenvalue weighted by molar-refractivity contribution is 5.86. The topological polar surface area (TPSA) is 26.0 Å². The predicted molar refractivity (Wildman–Crippen MR) is 147 cm³/mol. The van der Waals surface area contributed by atoms with Crippen molar-refractivity contribution >= 4 is 28.0 Å². The third-order valence-corrected chi connectivity index (χ3v) is 6.93. The Morgan fingerprint density at radius 2 is 1.68 bits per heavy atom. The number of benzene rings is 4. The molecule has 2 atom stereocenters. The van der Waals surface area contributed by atoms with E-state index in [0.717, 1.165) is 0 Å². The second kappa shape index (κ2) is 9.67. The first-order valence-corrected chi connectivity index (χ1v) is 12.1. The lowest BCUT2D eigenvalue weighted by atomic mass is 9.98. The average Bonchev–Trinajstić information content (AvgIpc) is 3.66. The Labute approximate surface area is 202 Å². The first kappa shape index (κ1) is 22.1. The first-order valence-electron chi connectivity index (χ1n) is 12.1. The smallest absolute Gasteiger partial charge is 0.0106 e. The summed E-state index contributed by atoms with van der Waals surface area (Å²) in [6.45, 7) is 7.25. The highest BCUT2D eigenvalue weighted by atomic mass is 14.5. The fourth-order valence-electron chi connectivity index (χ4n) is 4.85. The SMILES string of the molecule is C=C(c1cccc(/C=c2\cccc\c2=C(\C)c2ccc3ccccc3c2)c1)C1CC1/C=C\CN. The van der Waals surface area contributed by atoms with Crippen molar-refractivity contribution in [3.8, 4) is 0 Å². The van der Waals surface area contributed by atoms with Gasteiger partial charge in [-0.3, -0.25) is 0 Å². The van der Waals surface area contributed by atoms with Gasteiger partial charge >= 0.3 is 0 Å². The Bertz CT molecular complexity index is 1510. The average molecular weight is 442 g/mol. The summed E-state index contributed by atoms with van der Waals surface area (Å²) in [4.78, 5) is 0. The van der Waals surface area contributed by atoms with E-state index in [-0.39, 0.29) is 0 Å². The molecule has 0 aliphatic heterocycles. The van der Waals surface area contributed by atoms with Gasteiger partial charge in [-0.25, -0.2) is 0 Å². The minimum absolute atomic E-state index is 0.536. The van der Waals surface area contributed by atoms with Crippen LogP contribution in [0.15, 0.2) is 110 Å². The van der Waals surface area contributed by atoms with E-state index in [1.807, 2.05) is 0 Å². The lowest BCUT2D eigenvalue weighted by Crippen LogP contribution is -2.26. The Balaban J connectivity index is 1.52. The number of allylic oxidation sites excluding steroid dienone is 2. The van der Waals surface area contributed by atoms with E-state index in [1.165, 1.54) is 55.5 Å². The van der Waals surface area contributed by atoms with Crippen LogP contribution in [0.1, 0.15) is 30.0 Å². The summed E-state index contributed by atoms with van der Waals surface area (Å²) in [5.41, 5.74) is 11.8. The predicted octanol–water partition coefficient (Wildman–Crippen LogP) is 6.05. The first-order chi connectivity index (χ1) is 16.6. The van der Waals surface area contributed by atoms with E-state index >= 15 is 0 Å². The summed E-state index contributed by atoms with van der Waals surface area (Å²) in [5.74, 6) is 1.12. The van der Waals surface area contributed by atoms with Gasteiger partial charge in [-0.1, -0.05) is 97.6 Å². The van der Waals surface area contributed by atoms with E-state index in [4.69, 9.17) is 5.73 Å². The highest BCUT2D eigenvalue weighted by Gasteiger charge is 2.37. The van der Waals surface area contributed by atoms with Gasteiger partial charge < -0.3 is 5.73 Å². The fourth-order valence-corrected chi connectivity index (χ4v) is 4.85. The molecule has 1 saturated carbocycles. The van der Waals surface area contributed by atoms with Gasteiger partial charge in [0.1, 0.15) is 0 Å². The molecule has 4 aromatic carbocycles. The summed E-state index contributed by atoms with van der Waals surface area (Å²) in [6.07, 6.45) is 7.77. The van der Waals surface area contributed by atoms with Crippen LogP contribution in [0.3, 0.4) is 0 Å². The normalized spacial score (nSPS) is 18.9. The molecule has 1 heteroatoms. The number of nitrogens with two attached hydrogens (primary N) is 1. The zero-order valence-electron chi connectivity index (χ0n) is 19.7. The standard InChI is InChI=1S/C33H31N/c1-23(28-17-16-26-10-3-4-11-29(26)21-28)32-15-6-5-12-30(32)20-25-9-7-13-27(19-25)24(2)33-22-31(33)14-8-18-34/h3-17,19-21,31,33H,2,18,22,34H2,1H3/b14-8-,30-20+,32-23+. The van der Waals surface area contributed by atoms with E-state index < -0.39 is 0 Å². The lowest BCUT2D eigenvalue weighted by Gasteiger charge is -2.07. The molecular weight excluding hydrogens is 410 g/mol. The van der Waals surface area contributed by atoms with E-state index in [1.54, 1.807) is 0 Å². The Hall–Kier alpha value is -3.68. The van der Waals surface area contributed by atoms with Crippen molar-refractivity contribution in [3.63, 3.8) is 0 Å². The number of hydrogen-bond acceptors (Lipinski definition) is 1. The van der Waals surface area contributed by atoms with Gasteiger partial charge in [-0.2, -0.15) is 0 Å². The van der Waals surface area contributed by atoms with Gasteiger partial charge in [-0.15, -0.1) is 0 Å². The molecule has 0 amide bonds. The van der Waals surface area contributed by atoms with E-state index in [0.29, 0.717) is 18.4 Å². The molecule has 0 aromatic heterocycles. The van der Waals surface area contributed by atoms with Crippen LogP contribution in [0.5, 0.6) is 0 Å². The van der Waals surface area contributed by atoms with E-state index in [9.17, 15) is 0 Å². The van der Waals surface area contributed by atoms with Crippen molar-refractivity contribution in [2.75, 3.05) is 6.54 Å². The van der Waals surface area contributed by atoms with Crippen LogP contribution < -0.4 is 16.2 Å². The molecule has 0 heterocycles. The summed E-state index contributed by atoms with van der Waals surface area (Å²) in [7, 11) is 0. The van der Waals surface area contributed by atoms with Crippen LogP contribution in [0.2, 0.25) is 0 Å². The fraction of sp³-hybridized carbons (Fsp3) is 0.152. The molecule has 0 spiro atoms. The van der Waals surface area contributed by atoms with Crippen molar-refractivity contribution in [2.45, 2.75) is 13.3 Å². The van der Waals surface area contributed by atoms with E-state index in [2.05, 4.69) is 123 Å². The molecular formula is C33H31N. The zero-order chi connectivity index (χ0) is 23.5. The highest BCUT2D eigenvalue weighted by Crippen LogP contribution is 2.48. The third kappa shape index (κ3) is 4.66. The molecule has 2 N–H and O–H groups in total. The van der Waals surface area contributed by atoms with Gasteiger partial charge in [0.15, 0.2) is 0 Å². The van der Waals surface area contributed by atoms with Crippen LogP contribution >= 0.6 is 0 Å². The molecule has 34 heavy (non-hydrogen) atoms. The molecule has 1 aliphatic rings. The second-order valence-electron chi connectivity index (χ2n) is 9.24. The Kier molecular flexibility index (Phi) is 6.29. The van der Waals surface area contributed by atoms with Gasteiger partial charge in [0.25, 0.3) is 0 Å². The third-order valence-electron chi connectivity index (χ3n) is 6.93. The Morgan fingerprint density at radius 1 is 0.882 bits per heavy atom. The number of hydrogen-bond donors (Lipinski definition) is 1. The van der Waals surface area contributed by atoms with Crippen molar-refractivity contribution in [3.05, 3.63) is 137 Å². The second-order valence-corrected chi connectivity index (χ2v) is 9.24. The van der Waals surface area contributed by atoms with Gasteiger partial charge in [0.05, 0.1) is 0 Å². The van der Waals surface area contributed by atoms with Crippen LogP contribution in [-0.2, 0) is 0 Å². The molecule has 168 valence electrons. The maximum atomic E-state index is 5.61. The molecule has 1 nitrogen and oxygen atoms in total. The summed E-state index contributed by atoms with van der Waals surface area (Å²) < 4.78 is 0. The summed E-state index contributed by atoms with van der Waals surface area (Å²) in [5, 5.41) is 5.03. The molecule has 5 rings (SSSR count). The molecule has 0 bridgehead atoms. The van der Waals surface area contributed by atoms with Crippen molar-refractivity contribution in [1.82, 2.24) is 0 Å². The van der Waals surface area contributed by atoms with Crippen LogP contribution in [-0.4, -0.2) is 6.54 Å². The van der Waals surface area contributed by atoms with Crippen LogP contribution in [0.4, 0.5) is 0 Å². The maximum absolute atomic E-state index is 5.61. The zero-order valence-corrected chi connectivity index (χ0v) is 19.7. The maximum Gasteiger partial charge on any atom is 0.0106 e. The molecule has 0 radical (unpaired) electrons. The Morgan fingerprint density at radius 3 is 2.53 bits per heavy atom. The monoisotopic (exact) mass is 441 g/mol. The van der Waals surface area contributed by atoms with Gasteiger partial charge in [0.2, 0.25) is 0 Å². The lowest BCUT2D eigenvalue weighted by molar-refractivity contribution is 1.01. The van der Waals surface area contributed by atoms with Gasteiger partial charge in [-0.05, 0) is 92.4 Å². The largest absolute Gasteiger partial charge is 0.327 e. The molecule has 4 aromatic rings. The van der Waals surface area contributed by atoms with Crippen molar-refractivity contribution in [1.29, 1.82) is 0 Å². The quantitative estimate of drug-likeness (QED) is 0.362. The van der Waals surface area contributed by atoms with Crippen molar-refractivity contribution in [2.24, 2.45) is 17.6 Å². The number of fused-ring (bicyclic) bond motifs is 1. The molecule has 2 unspecified atom stereocenters. The van der Waals surface area contributed by atoms with Gasteiger partial charge in [0, 0.05) is 6.54 Å². The number of rotatable bonds is 6. The summed E-state index contributed by atoms with van der Waals surface area (Å²) >= 11 is 0. The minimum Gasteiger partial charge on any atom is -0.327 e. The molecule has 0 saturated heterocycles. The van der Waals surface area contributed by atoms with Crippen LogP contribution in [0, 0.1) is 11.8 Å².